The van der Waals surface area contributed by atoms with Crippen molar-refractivity contribution in [1.82, 2.24) is 30.3 Å². The van der Waals surface area contributed by atoms with Crippen LogP contribution in [0.15, 0.2) is 40.1 Å². The molecule has 2 rings (SSSR count). The maximum atomic E-state index is 11.8. The van der Waals surface area contributed by atoms with Gasteiger partial charge in [0.2, 0.25) is 5.91 Å². The number of aromatic nitrogens is 3. The predicted molar refractivity (Wildman–Crippen MR) is 115 cm³/mol. The van der Waals surface area contributed by atoms with Crippen molar-refractivity contribution in [3.8, 4) is 0 Å². The summed E-state index contributed by atoms with van der Waals surface area (Å²) in [5.74, 6) is 1.29. The number of likely N-dealkylation sites (N-methyl/N-ethyl adjacent to an activating group) is 1. The van der Waals surface area contributed by atoms with Crippen LogP contribution in [-0.4, -0.2) is 52.2 Å². The highest BCUT2D eigenvalue weighted by Gasteiger charge is 2.07. The van der Waals surface area contributed by atoms with Crippen molar-refractivity contribution < 1.29 is 4.79 Å². The summed E-state index contributed by atoms with van der Waals surface area (Å²) in [7, 11) is 5.26. The van der Waals surface area contributed by atoms with Crippen LogP contribution in [-0.2, 0) is 24.9 Å². The standard InChI is InChI=1S/C16H22BrN7O.HI/c1-23(2)15(25)10-20-16(19-9-14-21-11-22-24(14)3)18-8-12-4-6-13(17)7-5-12;/h4-7,11H,8-10H2,1-3H3,(H2,18,19,20);1H. The van der Waals surface area contributed by atoms with Gasteiger partial charge in [-0.2, -0.15) is 5.10 Å². The molecule has 1 heterocycles. The van der Waals surface area contributed by atoms with Crippen molar-refractivity contribution in [3.05, 3.63) is 46.5 Å². The Kier molecular flexibility index (Phi) is 9.55. The molecule has 0 bridgehead atoms. The first-order valence-corrected chi connectivity index (χ1v) is 8.54. The summed E-state index contributed by atoms with van der Waals surface area (Å²) in [5.41, 5.74) is 1.07. The Labute approximate surface area is 178 Å². The normalized spacial score (nSPS) is 10.8. The lowest BCUT2D eigenvalue weighted by molar-refractivity contribution is -0.127. The third-order valence-corrected chi connectivity index (χ3v) is 3.99. The summed E-state index contributed by atoms with van der Waals surface area (Å²) < 4.78 is 2.71. The third kappa shape index (κ3) is 7.28. The Bertz CT molecular complexity index is 730. The molecule has 8 nitrogen and oxygen atoms in total. The minimum atomic E-state index is -0.0307. The van der Waals surface area contributed by atoms with Crippen LogP contribution in [0.1, 0.15) is 11.4 Å². The number of carbonyl (C=O) groups excluding carboxylic acids is 1. The van der Waals surface area contributed by atoms with Gasteiger partial charge in [0.1, 0.15) is 12.2 Å². The maximum absolute atomic E-state index is 11.8. The van der Waals surface area contributed by atoms with Crippen LogP contribution >= 0.6 is 39.9 Å². The number of benzene rings is 1. The molecule has 0 fully saturated rings. The van der Waals surface area contributed by atoms with Crippen LogP contribution in [0.25, 0.3) is 0 Å². The van der Waals surface area contributed by atoms with Gasteiger partial charge in [-0.3, -0.25) is 9.48 Å². The Balaban J connectivity index is 0.00000338. The number of rotatable bonds is 6. The number of halogens is 2. The molecule has 2 aromatic rings. The molecule has 0 aliphatic rings. The molecule has 0 unspecified atom stereocenters. The van der Waals surface area contributed by atoms with Gasteiger partial charge in [0.15, 0.2) is 5.96 Å². The van der Waals surface area contributed by atoms with E-state index in [2.05, 4.69) is 41.6 Å². The maximum Gasteiger partial charge on any atom is 0.241 e. The molecule has 0 aliphatic carbocycles. The van der Waals surface area contributed by atoms with Gasteiger partial charge in [-0.25, -0.2) is 9.98 Å². The van der Waals surface area contributed by atoms with E-state index < -0.39 is 0 Å². The lowest BCUT2D eigenvalue weighted by atomic mass is 10.2. The molecule has 0 saturated carbocycles. The van der Waals surface area contributed by atoms with E-state index in [1.54, 1.807) is 18.8 Å². The van der Waals surface area contributed by atoms with E-state index in [1.807, 2.05) is 31.3 Å². The number of nitrogens with one attached hydrogen (secondary N) is 2. The molecule has 26 heavy (non-hydrogen) atoms. The van der Waals surface area contributed by atoms with Crippen molar-refractivity contribution >= 4 is 51.8 Å². The first kappa shape index (κ1) is 22.4. The number of amides is 1. The Morgan fingerprint density at radius 2 is 1.96 bits per heavy atom. The number of aliphatic imine (C=N–C) groups is 1. The van der Waals surface area contributed by atoms with E-state index in [-0.39, 0.29) is 36.4 Å². The van der Waals surface area contributed by atoms with Crippen LogP contribution in [0.5, 0.6) is 0 Å². The van der Waals surface area contributed by atoms with Gasteiger partial charge in [0, 0.05) is 25.6 Å². The average molecular weight is 536 g/mol. The van der Waals surface area contributed by atoms with Gasteiger partial charge in [-0.1, -0.05) is 28.1 Å². The lowest BCUT2D eigenvalue weighted by Gasteiger charge is -2.14. The van der Waals surface area contributed by atoms with Crippen molar-refractivity contribution in [3.63, 3.8) is 0 Å². The fourth-order valence-corrected chi connectivity index (χ4v) is 2.16. The third-order valence-electron chi connectivity index (χ3n) is 3.46. The predicted octanol–water partition coefficient (Wildman–Crippen LogP) is 1.52. The van der Waals surface area contributed by atoms with E-state index in [4.69, 9.17) is 0 Å². The molecule has 0 saturated heterocycles. The van der Waals surface area contributed by atoms with Gasteiger partial charge in [-0.05, 0) is 17.7 Å². The highest BCUT2D eigenvalue weighted by molar-refractivity contribution is 14.0. The number of nitrogens with zero attached hydrogens (tertiary/aromatic N) is 5. The van der Waals surface area contributed by atoms with Gasteiger partial charge in [0.05, 0.1) is 19.6 Å². The summed E-state index contributed by atoms with van der Waals surface area (Å²) in [6.45, 7) is 1.12. The second-order valence-electron chi connectivity index (χ2n) is 5.59. The molecular weight excluding hydrogens is 513 g/mol. The van der Waals surface area contributed by atoms with Gasteiger partial charge in [0.25, 0.3) is 0 Å². The zero-order chi connectivity index (χ0) is 18.2. The van der Waals surface area contributed by atoms with E-state index in [9.17, 15) is 4.79 Å². The SMILES string of the molecule is CN(C)C(=O)CNC(=NCc1ccc(Br)cc1)NCc1ncnn1C.I. The van der Waals surface area contributed by atoms with Gasteiger partial charge in [-0.15, -0.1) is 24.0 Å². The number of hydrogen-bond donors (Lipinski definition) is 2. The number of aryl methyl sites for hydroxylation is 1. The quantitative estimate of drug-likeness (QED) is 0.333. The van der Waals surface area contributed by atoms with Crippen LogP contribution < -0.4 is 10.6 Å². The fraction of sp³-hybridized carbons (Fsp3) is 0.375. The van der Waals surface area contributed by atoms with E-state index in [1.165, 1.54) is 11.2 Å². The van der Waals surface area contributed by atoms with Crippen molar-refractivity contribution in [1.29, 1.82) is 0 Å². The highest BCUT2D eigenvalue weighted by Crippen LogP contribution is 2.11. The van der Waals surface area contributed by atoms with Crippen molar-refractivity contribution in [2.75, 3.05) is 20.6 Å². The number of hydrogen-bond acceptors (Lipinski definition) is 4. The summed E-state index contributed by atoms with van der Waals surface area (Å²) in [5, 5.41) is 10.3. The topological polar surface area (TPSA) is 87.4 Å². The van der Waals surface area contributed by atoms with E-state index >= 15 is 0 Å². The molecule has 2 N–H and O–H groups in total. The Morgan fingerprint density at radius 3 is 2.54 bits per heavy atom. The van der Waals surface area contributed by atoms with Gasteiger partial charge < -0.3 is 15.5 Å². The zero-order valence-electron chi connectivity index (χ0n) is 14.9. The molecule has 1 amide bonds. The van der Waals surface area contributed by atoms with Gasteiger partial charge >= 0.3 is 0 Å². The molecular formula is C16H23BrIN7O. The monoisotopic (exact) mass is 535 g/mol. The minimum absolute atomic E-state index is 0. The molecule has 0 atom stereocenters. The van der Waals surface area contributed by atoms with Crippen LogP contribution in [0.2, 0.25) is 0 Å². The molecule has 0 aliphatic heterocycles. The lowest BCUT2D eigenvalue weighted by Crippen LogP contribution is -2.43. The molecule has 0 spiro atoms. The average Bonchev–Trinajstić information content (AvgIpc) is 3.00. The number of guanidine groups is 1. The zero-order valence-corrected chi connectivity index (χ0v) is 18.9. The summed E-state index contributed by atoms with van der Waals surface area (Å²) in [4.78, 5) is 22.0. The van der Waals surface area contributed by atoms with Crippen LogP contribution in [0.4, 0.5) is 0 Å². The minimum Gasteiger partial charge on any atom is -0.349 e. The van der Waals surface area contributed by atoms with E-state index in [0.29, 0.717) is 19.0 Å². The second-order valence-corrected chi connectivity index (χ2v) is 6.50. The first-order valence-electron chi connectivity index (χ1n) is 7.75. The van der Waals surface area contributed by atoms with Crippen LogP contribution in [0.3, 0.4) is 0 Å². The van der Waals surface area contributed by atoms with Crippen molar-refractivity contribution in [2.24, 2.45) is 12.0 Å². The first-order chi connectivity index (χ1) is 12.0. The molecule has 10 heteroatoms. The van der Waals surface area contributed by atoms with Crippen LogP contribution in [0, 0.1) is 0 Å². The Hall–Kier alpha value is -1.69. The largest absolute Gasteiger partial charge is 0.349 e. The molecule has 1 aromatic heterocycles. The summed E-state index contributed by atoms with van der Waals surface area (Å²) in [6, 6.07) is 7.94. The van der Waals surface area contributed by atoms with Crippen molar-refractivity contribution in [2.45, 2.75) is 13.1 Å². The highest BCUT2D eigenvalue weighted by atomic mass is 127. The smallest absolute Gasteiger partial charge is 0.241 e. The molecule has 0 radical (unpaired) electrons. The number of carbonyl (C=O) groups is 1. The molecule has 1 aromatic carbocycles. The fourth-order valence-electron chi connectivity index (χ4n) is 1.89. The Morgan fingerprint density at radius 1 is 1.27 bits per heavy atom. The molecule has 142 valence electrons. The second kappa shape index (κ2) is 11.1. The van der Waals surface area contributed by atoms with E-state index in [0.717, 1.165) is 15.9 Å². The summed E-state index contributed by atoms with van der Waals surface area (Å²) in [6.07, 6.45) is 1.50. The summed E-state index contributed by atoms with van der Waals surface area (Å²) >= 11 is 3.42.